The van der Waals surface area contributed by atoms with Crippen LogP contribution in [0.1, 0.15) is 6.42 Å². The summed E-state index contributed by atoms with van der Waals surface area (Å²) < 4.78 is 0. The van der Waals surface area contributed by atoms with Crippen molar-refractivity contribution in [1.82, 2.24) is 0 Å². The standard InChI is InChI=1S/C7H8B/c1-2-4-7-5-3-6-8-7/h2-3,5-6H,1,4H2. The van der Waals surface area contributed by atoms with Crippen LogP contribution in [0.5, 0.6) is 0 Å². The van der Waals surface area contributed by atoms with E-state index in [0.717, 1.165) is 6.42 Å². The third kappa shape index (κ3) is 1.13. The highest BCUT2D eigenvalue weighted by Gasteiger charge is 1.95. The second-order valence-electron chi connectivity index (χ2n) is 1.79. The Morgan fingerprint density at radius 2 is 2.62 bits per heavy atom. The molecule has 1 aliphatic rings. The molecule has 0 aromatic heterocycles. The molecule has 1 heterocycles. The second kappa shape index (κ2) is 2.56. The molecule has 8 heavy (non-hydrogen) atoms. The van der Waals surface area contributed by atoms with Gasteiger partial charge in [0.1, 0.15) is 0 Å². The molecule has 0 atom stereocenters. The quantitative estimate of drug-likeness (QED) is 0.368. The number of hydrogen-bond acceptors (Lipinski definition) is 0. The Morgan fingerprint density at radius 3 is 3.12 bits per heavy atom. The van der Waals surface area contributed by atoms with Crippen molar-refractivity contribution in [2.45, 2.75) is 6.42 Å². The molecule has 0 saturated heterocycles. The van der Waals surface area contributed by atoms with Gasteiger partial charge in [-0.15, -0.1) is 12.6 Å². The lowest BCUT2D eigenvalue weighted by atomic mass is 9.72. The molecule has 0 nitrogen and oxygen atoms in total. The van der Waals surface area contributed by atoms with Crippen LogP contribution >= 0.6 is 0 Å². The first-order chi connectivity index (χ1) is 3.93. The zero-order valence-corrected chi connectivity index (χ0v) is 4.80. The SMILES string of the molecule is C=CCC1=CC=C[B]1. The number of rotatable bonds is 2. The maximum absolute atomic E-state index is 3.64. The van der Waals surface area contributed by atoms with Gasteiger partial charge in [0.2, 0.25) is 0 Å². The molecule has 0 fully saturated rings. The first kappa shape index (κ1) is 5.42. The maximum atomic E-state index is 3.64. The van der Waals surface area contributed by atoms with Gasteiger partial charge in [-0.2, -0.15) is 0 Å². The van der Waals surface area contributed by atoms with Gasteiger partial charge >= 0.3 is 0 Å². The van der Waals surface area contributed by atoms with Crippen LogP contribution < -0.4 is 0 Å². The summed E-state index contributed by atoms with van der Waals surface area (Å²) in [4.78, 5) is 0. The van der Waals surface area contributed by atoms with Gasteiger partial charge < -0.3 is 0 Å². The highest BCUT2D eigenvalue weighted by Crippen LogP contribution is 2.05. The van der Waals surface area contributed by atoms with Gasteiger partial charge in [0, 0.05) is 0 Å². The van der Waals surface area contributed by atoms with Gasteiger partial charge in [-0.1, -0.05) is 23.7 Å². The summed E-state index contributed by atoms with van der Waals surface area (Å²) in [7, 11) is 2.10. The average Bonchev–Trinajstić information content (AvgIpc) is 2.19. The zero-order chi connectivity index (χ0) is 5.82. The van der Waals surface area contributed by atoms with E-state index in [9.17, 15) is 0 Å². The van der Waals surface area contributed by atoms with Gasteiger partial charge in [-0.05, 0) is 6.42 Å². The van der Waals surface area contributed by atoms with Gasteiger partial charge in [0.25, 0.3) is 0 Å². The molecule has 0 aromatic rings. The van der Waals surface area contributed by atoms with Crippen LogP contribution in [0.3, 0.4) is 0 Å². The molecule has 0 aromatic carbocycles. The Labute approximate surface area is 50.8 Å². The summed E-state index contributed by atoms with van der Waals surface area (Å²) in [5, 5.41) is 0. The predicted molar refractivity (Wildman–Crippen MR) is 37.8 cm³/mol. The highest BCUT2D eigenvalue weighted by atomic mass is 13.8. The first-order valence-electron chi connectivity index (χ1n) is 2.75. The van der Waals surface area contributed by atoms with E-state index in [2.05, 4.69) is 19.9 Å². The van der Waals surface area contributed by atoms with Gasteiger partial charge in [0.15, 0.2) is 7.28 Å². The molecule has 1 heteroatoms. The molecule has 1 aliphatic heterocycles. The van der Waals surface area contributed by atoms with Crippen LogP contribution in [0.25, 0.3) is 0 Å². The lowest BCUT2D eigenvalue weighted by Gasteiger charge is -1.89. The molecule has 0 aliphatic carbocycles. The van der Waals surface area contributed by atoms with Crippen LogP contribution in [-0.4, -0.2) is 7.28 Å². The largest absolute Gasteiger partial charge is 0.176 e. The van der Waals surface area contributed by atoms with Crippen molar-refractivity contribution in [2.24, 2.45) is 0 Å². The van der Waals surface area contributed by atoms with Crippen molar-refractivity contribution >= 4 is 7.28 Å². The molecule has 0 amide bonds. The van der Waals surface area contributed by atoms with Crippen LogP contribution in [-0.2, 0) is 0 Å². The lowest BCUT2D eigenvalue weighted by molar-refractivity contribution is 1.36. The molecule has 0 N–H and O–H groups in total. The molecule has 1 radical (unpaired) electrons. The second-order valence-corrected chi connectivity index (χ2v) is 1.79. The fraction of sp³-hybridized carbons (Fsp3) is 0.143. The van der Waals surface area contributed by atoms with Crippen molar-refractivity contribution in [1.29, 1.82) is 0 Å². The van der Waals surface area contributed by atoms with E-state index < -0.39 is 0 Å². The number of allylic oxidation sites excluding steroid dienone is 4. The van der Waals surface area contributed by atoms with Crippen molar-refractivity contribution < 1.29 is 0 Å². The van der Waals surface area contributed by atoms with E-state index in [1.165, 1.54) is 5.47 Å². The van der Waals surface area contributed by atoms with Crippen molar-refractivity contribution in [3.8, 4) is 0 Å². The molecular weight excluding hydrogens is 94.9 g/mol. The molecule has 0 spiro atoms. The lowest BCUT2D eigenvalue weighted by Crippen LogP contribution is -1.84. The Bertz CT molecular complexity index is 142. The maximum Gasteiger partial charge on any atom is 0.176 e. The van der Waals surface area contributed by atoms with E-state index in [1.807, 2.05) is 18.1 Å². The Kier molecular flexibility index (Phi) is 1.73. The minimum atomic E-state index is 0.993. The van der Waals surface area contributed by atoms with Gasteiger partial charge in [-0.25, -0.2) is 0 Å². The minimum Gasteiger partial charge on any atom is -0.117 e. The summed E-state index contributed by atoms with van der Waals surface area (Å²) in [6, 6.07) is 0. The monoisotopic (exact) mass is 103 g/mol. The van der Waals surface area contributed by atoms with E-state index in [1.54, 1.807) is 0 Å². The average molecular weight is 103 g/mol. The summed E-state index contributed by atoms with van der Waals surface area (Å²) in [6.45, 7) is 3.64. The van der Waals surface area contributed by atoms with E-state index in [4.69, 9.17) is 0 Å². The Hall–Kier alpha value is -0.715. The normalized spacial score (nSPS) is 15.2. The topological polar surface area (TPSA) is 0 Å². The molecule has 39 valence electrons. The molecule has 1 rings (SSSR count). The third-order valence-electron chi connectivity index (χ3n) is 1.11. The molecule has 0 saturated carbocycles. The van der Waals surface area contributed by atoms with E-state index in [-0.39, 0.29) is 0 Å². The van der Waals surface area contributed by atoms with Crippen LogP contribution in [0.15, 0.2) is 36.3 Å². The molecule has 0 bridgehead atoms. The summed E-state index contributed by atoms with van der Waals surface area (Å²) in [5.41, 5.74) is 1.35. The fourth-order valence-electron chi connectivity index (χ4n) is 0.717. The van der Waals surface area contributed by atoms with Crippen molar-refractivity contribution in [2.75, 3.05) is 0 Å². The Balaban J connectivity index is 2.39. The molecular formula is C7H8B. The fourth-order valence-corrected chi connectivity index (χ4v) is 0.717. The van der Waals surface area contributed by atoms with Crippen molar-refractivity contribution in [3.63, 3.8) is 0 Å². The third-order valence-corrected chi connectivity index (χ3v) is 1.11. The predicted octanol–water partition coefficient (Wildman–Crippen LogP) is 1.68. The van der Waals surface area contributed by atoms with Gasteiger partial charge in [-0.3, -0.25) is 0 Å². The number of hydrogen-bond donors (Lipinski definition) is 0. The van der Waals surface area contributed by atoms with Crippen molar-refractivity contribution in [3.05, 3.63) is 36.3 Å². The minimum absolute atomic E-state index is 0.993. The van der Waals surface area contributed by atoms with Crippen LogP contribution in [0.2, 0.25) is 0 Å². The highest BCUT2D eigenvalue weighted by molar-refractivity contribution is 6.52. The Morgan fingerprint density at radius 1 is 1.75 bits per heavy atom. The van der Waals surface area contributed by atoms with Crippen LogP contribution in [0.4, 0.5) is 0 Å². The van der Waals surface area contributed by atoms with Gasteiger partial charge in [0.05, 0.1) is 0 Å². The first-order valence-corrected chi connectivity index (χ1v) is 2.75. The zero-order valence-electron chi connectivity index (χ0n) is 4.80. The summed E-state index contributed by atoms with van der Waals surface area (Å²) >= 11 is 0. The smallest absolute Gasteiger partial charge is 0.117 e. The van der Waals surface area contributed by atoms with E-state index >= 15 is 0 Å². The van der Waals surface area contributed by atoms with Crippen LogP contribution in [0, 0.1) is 0 Å². The summed E-state index contributed by atoms with van der Waals surface area (Å²) in [6.07, 6.45) is 7.04. The molecule has 0 unspecified atom stereocenters. The summed E-state index contributed by atoms with van der Waals surface area (Å²) in [5.74, 6) is 2.04. The van der Waals surface area contributed by atoms with E-state index in [0.29, 0.717) is 0 Å².